The van der Waals surface area contributed by atoms with Gasteiger partial charge in [0.05, 0.1) is 11.7 Å². The Kier molecular flexibility index (Phi) is 17.2. The molecule has 3 atom stereocenters. The first-order valence-electron chi connectivity index (χ1n) is 22.8. The molecule has 0 bridgehead atoms. The minimum atomic E-state index is -0.676. The van der Waals surface area contributed by atoms with E-state index in [1.54, 1.807) is 17.2 Å². The summed E-state index contributed by atoms with van der Waals surface area (Å²) in [6, 6.07) is 8.84. The summed E-state index contributed by atoms with van der Waals surface area (Å²) in [7, 11) is 0. The number of hydrogen-bond donors (Lipinski definition) is 7. The minimum absolute atomic E-state index is 0.00559. The third-order valence-corrected chi connectivity index (χ3v) is 12.0. The van der Waals surface area contributed by atoms with Crippen molar-refractivity contribution in [1.82, 2.24) is 35.7 Å². The second kappa shape index (κ2) is 22.3. The largest absolute Gasteiger partial charge is 0.391 e. The van der Waals surface area contributed by atoms with E-state index in [2.05, 4.69) is 36.1 Å². The van der Waals surface area contributed by atoms with Gasteiger partial charge in [-0.2, -0.15) is 0 Å². The number of carbonyl (C=O) groups excluding carboxylic acids is 4. The molecule has 2 fully saturated rings. The Balaban J connectivity index is 1.04. The lowest BCUT2D eigenvalue weighted by molar-refractivity contribution is -0.140. The van der Waals surface area contributed by atoms with Gasteiger partial charge in [-0.05, 0) is 101 Å². The Morgan fingerprint density at radius 1 is 0.969 bits per heavy atom. The molecule has 0 spiro atoms. The van der Waals surface area contributed by atoms with Gasteiger partial charge in [0.2, 0.25) is 17.7 Å². The Hall–Kier alpha value is -5.61. The zero-order chi connectivity index (χ0) is 46.7. The van der Waals surface area contributed by atoms with Crippen molar-refractivity contribution in [1.29, 1.82) is 5.41 Å². The molecule has 1 unspecified atom stereocenters. The Labute approximate surface area is 377 Å². The number of likely N-dealkylation sites (tertiary alicyclic amines) is 1. The van der Waals surface area contributed by atoms with Crippen LogP contribution in [0, 0.1) is 24.7 Å². The molecule has 348 valence electrons. The van der Waals surface area contributed by atoms with Crippen molar-refractivity contribution >= 4 is 41.3 Å². The van der Waals surface area contributed by atoms with Crippen molar-refractivity contribution in [2.75, 3.05) is 56.0 Å². The first-order chi connectivity index (χ1) is 30.3. The van der Waals surface area contributed by atoms with Crippen molar-refractivity contribution in [3.63, 3.8) is 0 Å². The van der Waals surface area contributed by atoms with Gasteiger partial charge in [-0.25, -0.2) is 4.98 Å². The van der Waals surface area contributed by atoms with E-state index in [0.29, 0.717) is 54.6 Å². The molecule has 16 nitrogen and oxygen atoms in total. The van der Waals surface area contributed by atoms with Crippen LogP contribution >= 0.6 is 0 Å². The van der Waals surface area contributed by atoms with Crippen LogP contribution in [-0.2, 0) is 20.9 Å². The van der Waals surface area contributed by atoms with E-state index in [0.717, 1.165) is 67.3 Å². The number of aliphatic hydroxyl groups excluding tert-OH is 1. The lowest BCUT2D eigenvalue weighted by atomic mass is 9.85. The molecule has 4 heterocycles. The first kappa shape index (κ1) is 49.4. The standard InChI is InChI=1S/C48H70N10O6/c1-30(2)53-40-25-35(24-37(38(40)26-49)45(62)52-28-39-31(3)22-32(4)54-46(39)63)34-14-15-41(51-27-34)57-20-18-56(19-21-57)17-16-50-42(60)12-10-9-11-13-43(61)55-44(48(6,7)8)47(64)58-29-36(59)23-33(58)5/h14-15,22,24-27,30,33,36,44,49,53,59H,9-13,16-21,23,28-29H2,1-8H3,(H,50,60)(H,52,62)(H,54,63)(H,55,61)/t33-,36-,44?/m1/s1. The van der Waals surface area contributed by atoms with Gasteiger partial charge < -0.3 is 46.6 Å². The highest BCUT2D eigenvalue weighted by molar-refractivity contribution is 6.06. The van der Waals surface area contributed by atoms with Crippen LogP contribution in [0.1, 0.15) is 113 Å². The highest BCUT2D eigenvalue weighted by Crippen LogP contribution is 2.30. The molecule has 1 aromatic carbocycles. The number of amides is 4. The van der Waals surface area contributed by atoms with Crippen molar-refractivity contribution in [2.45, 2.75) is 125 Å². The van der Waals surface area contributed by atoms with Gasteiger partial charge in [0, 0.05) is 118 Å². The van der Waals surface area contributed by atoms with Crippen LogP contribution in [0.3, 0.4) is 0 Å². The van der Waals surface area contributed by atoms with Crippen LogP contribution in [0.15, 0.2) is 41.3 Å². The van der Waals surface area contributed by atoms with E-state index >= 15 is 0 Å². The van der Waals surface area contributed by atoms with Crippen molar-refractivity contribution < 1.29 is 24.3 Å². The fourth-order valence-electron chi connectivity index (χ4n) is 8.45. The van der Waals surface area contributed by atoms with E-state index in [1.807, 2.05) is 79.7 Å². The zero-order valence-corrected chi connectivity index (χ0v) is 39.0. The second-order valence-corrected chi connectivity index (χ2v) is 18.8. The van der Waals surface area contributed by atoms with Gasteiger partial charge in [0.15, 0.2) is 0 Å². The van der Waals surface area contributed by atoms with Crippen LogP contribution in [0.5, 0.6) is 0 Å². The molecule has 2 aromatic heterocycles. The number of unbranched alkanes of at least 4 members (excludes halogenated alkanes) is 2. The number of pyridine rings is 2. The van der Waals surface area contributed by atoms with Crippen LogP contribution in [0.4, 0.5) is 11.5 Å². The normalized spacial score (nSPS) is 17.3. The zero-order valence-electron chi connectivity index (χ0n) is 39.0. The molecule has 2 saturated heterocycles. The quantitative estimate of drug-likeness (QED) is 0.0661. The van der Waals surface area contributed by atoms with Crippen LogP contribution in [0.2, 0.25) is 0 Å². The molecule has 7 N–H and O–H groups in total. The average Bonchev–Trinajstić information content (AvgIpc) is 3.58. The minimum Gasteiger partial charge on any atom is -0.391 e. The molecule has 0 aliphatic carbocycles. The molecular weight excluding hydrogens is 813 g/mol. The number of aliphatic hydroxyl groups is 1. The maximum absolute atomic E-state index is 13.7. The van der Waals surface area contributed by atoms with Crippen molar-refractivity contribution in [2.24, 2.45) is 5.41 Å². The van der Waals surface area contributed by atoms with E-state index in [4.69, 9.17) is 10.4 Å². The summed E-state index contributed by atoms with van der Waals surface area (Å²) in [6.45, 7) is 20.2. The molecule has 2 aliphatic heterocycles. The lowest BCUT2D eigenvalue weighted by Gasteiger charge is -2.35. The van der Waals surface area contributed by atoms with Crippen molar-refractivity contribution in [3.05, 3.63) is 74.8 Å². The summed E-state index contributed by atoms with van der Waals surface area (Å²) >= 11 is 0. The number of aromatic amines is 1. The maximum Gasteiger partial charge on any atom is 0.253 e. The Morgan fingerprint density at radius 3 is 2.27 bits per heavy atom. The third-order valence-electron chi connectivity index (χ3n) is 12.0. The summed E-state index contributed by atoms with van der Waals surface area (Å²) < 4.78 is 0. The Bertz CT molecular complexity index is 2170. The number of aryl methyl sites for hydroxylation is 2. The molecular formula is C48H70N10O6. The number of β-amino-alcohol motifs (C(OH)–C–C–N with tert-alkyl or cyclic N) is 1. The highest BCUT2D eigenvalue weighted by Gasteiger charge is 2.40. The monoisotopic (exact) mass is 883 g/mol. The van der Waals surface area contributed by atoms with E-state index < -0.39 is 17.6 Å². The number of rotatable bonds is 19. The van der Waals surface area contributed by atoms with Gasteiger partial charge in [-0.1, -0.05) is 27.2 Å². The van der Waals surface area contributed by atoms with Crippen LogP contribution < -0.4 is 31.7 Å². The highest BCUT2D eigenvalue weighted by atomic mass is 16.3. The fourth-order valence-corrected chi connectivity index (χ4v) is 8.45. The summed E-state index contributed by atoms with van der Waals surface area (Å²) in [6.07, 6.45) is 5.68. The topological polar surface area (TPSA) is 216 Å². The van der Waals surface area contributed by atoms with Gasteiger partial charge in [0.25, 0.3) is 11.5 Å². The SMILES string of the molecule is Cc1cc(C)c(CNC(=O)c2cc(-c3ccc(N4CCN(CCNC(=O)CCCCCC(=O)NC(C(=O)N5C[C@H](O)C[C@H]5C)C(C)(C)C)CC4)nc3)cc(NC(C)C)c2C=N)c(=O)[nH]1. The Morgan fingerprint density at radius 2 is 1.67 bits per heavy atom. The molecule has 5 rings (SSSR count). The van der Waals surface area contributed by atoms with Gasteiger partial charge in [0.1, 0.15) is 11.9 Å². The summed E-state index contributed by atoms with van der Waals surface area (Å²) in [5.74, 6) is 0.118. The van der Waals surface area contributed by atoms with Gasteiger partial charge in [-0.15, -0.1) is 0 Å². The molecule has 4 amide bonds. The number of nitrogens with zero attached hydrogens (tertiary/aromatic N) is 4. The van der Waals surface area contributed by atoms with Gasteiger partial charge in [-0.3, -0.25) is 28.9 Å². The number of aromatic nitrogens is 2. The molecule has 2 aliphatic rings. The van der Waals surface area contributed by atoms with Crippen LogP contribution in [0.25, 0.3) is 11.1 Å². The van der Waals surface area contributed by atoms with E-state index in [-0.39, 0.29) is 60.8 Å². The predicted octanol–water partition coefficient (Wildman–Crippen LogP) is 4.50. The second-order valence-electron chi connectivity index (χ2n) is 18.8. The van der Waals surface area contributed by atoms with Crippen molar-refractivity contribution in [3.8, 4) is 11.1 Å². The number of piperazine rings is 1. The van der Waals surface area contributed by atoms with E-state index in [1.165, 1.54) is 6.21 Å². The third kappa shape index (κ3) is 13.5. The van der Waals surface area contributed by atoms with E-state index in [9.17, 15) is 29.1 Å². The predicted molar refractivity (Wildman–Crippen MR) is 252 cm³/mol. The van der Waals surface area contributed by atoms with Gasteiger partial charge >= 0.3 is 0 Å². The summed E-state index contributed by atoms with van der Waals surface area (Å²) in [5, 5.41) is 30.5. The lowest BCUT2D eigenvalue weighted by Crippen LogP contribution is -2.55. The summed E-state index contributed by atoms with van der Waals surface area (Å²) in [4.78, 5) is 78.8. The summed E-state index contributed by atoms with van der Waals surface area (Å²) in [5.41, 5.74) is 4.33. The average molecular weight is 883 g/mol. The van der Waals surface area contributed by atoms with Crippen LogP contribution in [-0.4, -0.2) is 125 Å². The smallest absolute Gasteiger partial charge is 0.253 e. The number of benzene rings is 1. The molecule has 16 heteroatoms. The molecule has 64 heavy (non-hydrogen) atoms. The number of hydrogen-bond acceptors (Lipinski definition) is 11. The molecule has 0 radical (unpaired) electrons. The number of anilines is 2. The first-order valence-corrected chi connectivity index (χ1v) is 22.8. The molecule has 3 aromatic rings. The molecule has 0 saturated carbocycles. The number of carbonyl (C=O) groups is 4. The maximum atomic E-state index is 13.7. The number of nitrogens with one attached hydrogen (secondary N) is 6. The number of H-pyrrole nitrogens is 1. The fraction of sp³-hybridized carbons (Fsp3) is 0.562.